The summed E-state index contributed by atoms with van der Waals surface area (Å²) in [5, 5.41) is 0.906. The van der Waals surface area contributed by atoms with Crippen LogP contribution in [0.1, 0.15) is 53.9 Å². The van der Waals surface area contributed by atoms with E-state index in [2.05, 4.69) is 9.88 Å². The number of carbonyl (C=O) groups is 4. The van der Waals surface area contributed by atoms with Gasteiger partial charge in [-0.25, -0.2) is 4.98 Å². The highest BCUT2D eigenvalue weighted by Crippen LogP contribution is 2.23. The largest absolute Gasteiger partial charge is 0.344 e. The van der Waals surface area contributed by atoms with Crippen molar-refractivity contribution in [3.05, 3.63) is 51.0 Å². The van der Waals surface area contributed by atoms with Crippen LogP contribution < -0.4 is 0 Å². The lowest BCUT2D eigenvalue weighted by Crippen LogP contribution is -2.48. The number of carbonyl (C=O) groups excluding carboxylic acids is 4. The lowest BCUT2D eigenvalue weighted by atomic mass is 10.1. The van der Waals surface area contributed by atoms with Gasteiger partial charge in [-0.05, 0) is 25.5 Å². The molecular formula is C24H29N5O4S. The molecule has 0 spiro atoms. The molecule has 0 unspecified atom stereocenters. The summed E-state index contributed by atoms with van der Waals surface area (Å²) in [6, 6.07) is 6.81. The van der Waals surface area contributed by atoms with Crippen molar-refractivity contribution in [2.45, 2.75) is 26.3 Å². The molecule has 0 bridgehead atoms. The van der Waals surface area contributed by atoms with Crippen LogP contribution in [0.5, 0.6) is 0 Å². The zero-order valence-electron chi connectivity index (χ0n) is 19.7. The predicted molar refractivity (Wildman–Crippen MR) is 128 cm³/mol. The van der Waals surface area contributed by atoms with Crippen LogP contribution in [0, 0.1) is 6.92 Å². The Morgan fingerprint density at radius 1 is 1.03 bits per heavy atom. The number of amides is 4. The summed E-state index contributed by atoms with van der Waals surface area (Å²) >= 11 is 1.43. The summed E-state index contributed by atoms with van der Waals surface area (Å²) in [7, 11) is 3.47. The Kier molecular flexibility index (Phi) is 7.08. The summed E-state index contributed by atoms with van der Waals surface area (Å²) in [5.74, 6) is -0.554. The molecule has 0 aliphatic carbocycles. The van der Waals surface area contributed by atoms with Gasteiger partial charge in [0.1, 0.15) is 9.88 Å². The number of aryl methyl sites for hydroxylation is 1. The Morgan fingerprint density at radius 2 is 1.65 bits per heavy atom. The number of hydrogen-bond acceptors (Lipinski definition) is 7. The number of imide groups is 1. The van der Waals surface area contributed by atoms with E-state index in [1.807, 2.05) is 11.8 Å². The molecule has 2 aromatic rings. The molecule has 1 saturated heterocycles. The zero-order chi connectivity index (χ0) is 24.4. The van der Waals surface area contributed by atoms with E-state index in [0.717, 1.165) is 23.8 Å². The van der Waals surface area contributed by atoms with Crippen molar-refractivity contribution < 1.29 is 19.2 Å². The first kappa shape index (κ1) is 24.0. The molecule has 4 rings (SSSR count). The Balaban J connectivity index is 1.22. The number of hydrogen-bond donors (Lipinski definition) is 0. The van der Waals surface area contributed by atoms with Crippen LogP contribution in [-0.4, -0.2) is 95.0 Å². The molecule has 0 radical (unpaired) electrons. The van der Waals surface area contributed by atoms with Gasteiger partial charge in [-0.3, -0.25) is 29.0 Å². The third kappa shape index (κ3) is 4.88. The summed E-state index contributed by atoms with van der Waals surface area (Å²) < 4.78 is 0. The van der Waals surface area contributed by atoms with Gasteiger partial charge in [-0.15, -0.1) is 11.3 Å². The average molecular weight is 484 g/mol. The Hall–Kier alpha value is -3.11. The van der Waals surface area contributed by atoms with Gasteiger partial charge in [-0.2, -0.15) is 0 Å². The molecule has 10 heteroatoms. The van der Waals surface area contributed by atoms with Crippen molar-refractivity contribution in [1.29, 1.82) is 0 Å². The second-order valence-electron chi connectivity index (χ2n) is 8.79. The minimum Gasteiger partial charge on any atom is -0.344 e. The maximum absolute atomic E-state index is 12.7. The number of nitrogens with zero attached hydrogens (tertiary/aromatic N) is 5. The van der Waals surface area contributed by atoms with E-state index >= 15 is 0 Å². The van der Waals surface area contributed by atoms with Crippen LogP contribution in [0.15, 0.2) is 24.3 Å². The predicted octanol–water partition coefficient (Wildman–Crippen LogP) is 1.87. The van der Waals surface area contributed by atoms with E-state index in [1.54, 1.807) is 43.3 Å². The van der Waals surface area contributed by atoms with E-state index in [0.29, 0.717) is 48.5 Å². The summed E-state index contributed by atoms with van der Waals surface area (Å²) in [4.78, 5) is 61.9. The molecule has 9 nitrogen and oxygen atoms in total. The molecule has 0 saturated carbocycles. The van der Waals surface area contributed by atoms with E-state index < -0.39 is 0 Å². The molecule has 1 aromatic heterocycles. The highest BCUT2D eigenvalue weighted by molar-refractivity contribution is 7.13. The molecule has 2 aliphatic rings. The van der Waals surface area contributed by atoms with Crippen molar-refractivity contribution in [3.8, 4) is 0 Å². The quantitative estimate of drug-likeness (QED) is 0.558. The van der Waals surface area contributed by atoms with Gasteiger partial charge in [0, 0.05) is 53.2 Å². The fourth-order valence-corrected chi connectivity index (χ4v) is 5.39. The summed E-state index contributed by atoms with van der Waals surface area (Å²) in [5.41, 5.74) is 1.62. The number of fused-ring (bicyclic) bond motifs is 1. The fourth-order valence-electron chi connectivity index (χ4n) is 4.26. The topological polar surface area (TPSA) is 94.1 Å². The molecule has 2 aliphatic heterocycles. The number of aromatic nitrogens is 1. The van der Waals surface area contributed by atoms with E-state index in [1.165, 1.54) is 16.2 Å². The lowest BCUT2D eigenvalue weighted by molar-refractivity contribution is -0.133. The van der Waals surface area contributed by atoms with Crippen molar-refractivity contribution in [2.24, 2.45) is 0 Å². The Bertz CT molecular complexity index is 1090. The number of piperazine rings is 1. The van der Waals surface area contributed by atoms with Crippen LogP contribution >= 0.6 is 11.3 Å². The van der Waals surface area contributed by atoms with Gasteiger partial charge in [0.2, 0.25) is 5.91 Å². The SMILES string of the molecule is Cc1nc(CN2CCN(C(=O)CCCN3C(=O)c4ccccc4C3=O)CC2)sc1C(=O)N(C)C. The monoisotopic (exact) mass is 483 g/mol. The standard InChI is InChI=1S/C24H29N5O4S/c1-16-21(24(33)26(2)3)34-19(25-16)15-27-11-13-28(14-12-27)20(30)9-6-10-29-22(31)17-7-4-5-8-18(17)23(29)32/h4-5,7-8H,6,9-15H2,1-3H3. The van der Waals surface area contributed by atoms with Crippen LogP contribution in [0.25, 0.3) is 0 Å². The fraction of sp³-hybridized carbons (Fsp3) is 0.458. The smallest absolute Gasteiger partial charge is 0.265 e. The van der Waals surface area contributed by atoms with Crippen molar-refractivity contribution in [2.75, 3.05) is 46.8 Å². The van der Waals surface area contributed by atoms with Gasteiger partial charge < -0.3 is 9.80 Å². The Labute approximate surface area is 202 Å². The zero-order valence-corrected chi connectivity index (χ0v) is 20.6. The van der Waals surface area contributed by atoms with Crippen LogP contribution in [0.3, 0.4) is 0 Å². The second-order valence-corrected chi connectivity index (χ2v) is 9.87. The molecule has 4 amide bonds. The molecule has 3 heterocycles. The van der Waals surface area contributed by atoms with Crippen molar-refractivity contribution in [3.63, 3.8) is 0 Å². The molecule has 34 heavy (non-hydrogen) atoms. The maximum atomic E-state index is 12.7. The minimum atomic E-state index is -0.283. The average Bonchev–Trinajstić information content (AvgIpc) is 3.31. The van der Waals surface area contributed by atoms with Gasteiger partial charge in [0.15, 0.2) is 0 Å². The first-order valence-corrected chi connectivity index (χ1v) is 12.2. The molecule has 1 fully saturated rings. The van der Waals surface area contributed by atoms with E-state index in [9.17, 15) is 19.2 Å². The number of benzene rings is 1. The molecular weight excluding hydrogens is 454 g/mol. The molecule has 0 atom stereocenters. The molecule has 1 aromatic carbocycles. The summed E-state index contributed by atoms with van der Waals surface area (Å²) in [6.45, 7) is 5.48. The summed E-state index contributed by atoms with van der Waals surface area (Å²) in [6.07, 6.45) is 0.751. The molecule has 0 N–H and O–H groups in total. The van der Waals surface area contributed by atoms with Crippen LogP contribution in [0.2, 0.25) is 0 Å². The van der Waals surface area contributed by atoms with Gasteiger partial charge >= 0.3 is 0 Å². The van der Waals surface area contributed by atoms with Crippen molar-refractivity contribution >= 4 is 35.0 Å². The normalized spacial score (nSPS) is 16.2. The minimum absolute atomic E-state index is 0.0297. The van der Waals surface area contributed by atoms with Gasteiger partial charge in [0.25, 0.3) is 17.7 Å². The van der Waals surface area contributed by atoms with Crippen LogP contribution in [-0.2, 0) is 11.3 Å². The highest BCUT2D eigenvalue weighted by atomic mass is 32.1. The van der Waals surface area contributed by atoms with E-state index in [4.69, 9.17) is 0 Å². The first-order chi connectivity index (χ1) is 16.3. The third-order valence-corrected chi connectivity index (χ3v) is 7.31. The Morgan fingerprint density at radius 3 is 2.24 bits per heavy atom. The molecule has 180 valence electrons. The van der Waals surface area contributed by atoms with Crippen molar-refractivity contribution in [1.82, 2.24) is 24.6 Å². The third-order valence-electron chi connectivity index (χ3n) is 6.18. The number of thiazole rings is 1. The van der Waals surface area contributed by atoms with Crippen LogP contribution in [0.4, 0.5) is 0 Å². The second kappa shape index (κ2) is 10.0. The lowest BCUT2D eigenvalue weighted by Gasteiger charge is -2.34. The van der Waals surface area contributed by atoms with Gasteiger partial charge in [0.05, 0.1) is 23.4 Å². The highest BCUT2D eigenvalue weighted by Gasteiger charge is 2.34. The van der Waals surface area contributed by atoms with Gasteiger partial charge in [-0.1, -0.05) is 12.1 Å². The van der Waals surface area contributed by atoms with E-state index in [-0.39, 0.29) is 30.2 Å². The maximum Gasteiger partial charge on any atom is 0.265 e. The number of rotatable bonds is 7. The first-order valence-electron chi connectivity index (χ1n) is 11.4.